The first-order valence-electron chi connectivity index (χ1n) is 5.13. The maximum atomic E-state index is 3.54. The van der Waals surface area contributed by atoms with Crippen LogP contribution < -0.4 is 5.32 Å². The van der Waals surface area contributed by atoms with Gasteiger partial charge in [0.15, 0.2) is 0 Å². The predicted molar refractivity (Wildman–Crippen MR) is 53.4 cm³/mol. The fraction of sp³-hybridized carbons (Fsp3) is 1.00. The Bertz CT molecular complexity index is 121. The smallest absolute Gasteiger partial charge is 0.0104 e. The summed E-state index contributed by atoms with van der Waals surface area (Å²) in [6, 6.07) is 1.58. The van der Waals surface area contributed by atoms with E-state index < -0.39 is 0 Å². The third-order valence-electron chi connectivity index (χ3n) is 2.87. The van der Waals surface area contributed by atoms with Crippen LogP contribution >= 0.6 is 0 Å². The molecule has 0 aromatic rings. The molecule has 2 unspecified atom stereocenters. The van der Waals surface area contributed by atoms with Crippen LogP contribution in [0, 0.1) is 0 Å². The maximum Gasteiger partial charge on any atom is 0.0104 e. The van der Waals surface area contributed by atoms with E-state index in [0.717, 1.165) is 18.6 Å². The van der Waals surface area contributed by atoms with Gasteiger partial charge in [0, 0.05) is 12.1 Å². The summed E-state index contributed by atoms with van der Waals surface area (Å²) in [5.41, 5.74) is 0. The van der Waals surface area contributed by atoms with Gasteiger partial charge in [-0.05, 0) is 39.9 Å². The Balaban J connectivity index is 2.30. The van der Waals surface area contributed by atoms with Gasteiger partial charge in [-0.3, -0.25) is 0 Å². The number of hydrogen-bond acceptors (Lipinski definition) is 2. The van der Waals surface area contributed by atoms with E-state index in [-0.39, 0.29) is 0 Å². The fourth-order valence-electron chi connectivity index (χ4n) is 2.11. The number of rotatable bonds is 3. The van der Waals surface area contributed by atoms with Crippen molar-refractivity contribution in [3.8, 4) is 0 Å². The molecule has 0 saturated heterocycles. The molecule has 0 radical (unpaired) electrons. The highest BCUT2D eigenvalue weighted by molar-refractivity contribution is 4.81. The van der Waals surface area contributed by atoms with Gasteiger partial charge in [-0.1, -0.05) is 13.3 Å². The van der Waals surface area contributed by atoms with Gasteiger partial charge >= 0.3 is 0 Å². The van der Waals surface area contributed by atoms with E-state index in [1.807, 2.05) is 0 Å². The topological polar surface area (TPSA) is 15.3 Å². The van der Waals surface area contributed by atoms with Crippen molar-refractivity contribution in [2.45, 2.75) is 44.7 Å². The molecule has 2 atom stereocenters. The zero-order valence-corrected chi connectivity index (χ0v) is 8.64. The van der Waals surface area contributed by atoms with E-state index in [4.69, 9.17) is 0 Å². The Hall–Kier alpha value is -0.0800. The summed E-state index contributed by atoms with van der Waals surface area (Å²) in [6.07, 6.45) is 5.48. The molecular weight excluding hydrogens is 148 g/mol. The van der Waals surface area contributed by atoms with E-state index in [1.54, 1.807) is 0 Å². The number of nitrogens with one attached hydrogen (secondary N) is 1. The van der Waals surface area contributed by atoms with Gasteiger partial charge in [-0.15, -0.1) is 0 Å². The van der Waals surface area contributed by atoms with Crippen LogP contribution in [0.1, 0.15) is 32.6 Å². The number of nitrogens with zero attached hydrogens (tertiary/aromatic N) is 1. The van der Waals surface area contributed by atoms with E-state index in [1.165, 1.54) is 25.7 Å². The molecule has 0 amide bonds. The molecule has 1 aliphatic rings. The highest BCUT2D eigenvalue weighted by Gasteiger charge is 2.21. The molecule has 1 fully saturated rings. The second-order valence-electron chi connectivity index (χ2n) is 4.04. The van der Waals surface area contributed by atoms with Crippen molar-refractivity contribution in [1.29, 1.82) is 0 Å². The van der Waals surface area contributed by atoms with Gasteiger partial charge in [-0.2, -0.15) is 0 Å². The van der Waals surface area contributed by atoms with Gasteiger partial charge in [0.25, 0.3) is 0 Å². The summed E-state index contributed by atoms with van der Waals surface area (Å²) in [4.78, 5) is 2.36. The maximum absolute atomic E-state index is 3.54. The minimum atomic E-state index is 0.774. The van der Waals surface area contributed by atoms with E-state index in [0.29, 0.717) is 0 Å². The molecule has 72 valence electrons. The van der Waals surface area contributed by atoms with Gasteiger partial charge in [-0.25, -0.2) is 0 Å². The molecule has 1 aliphatic carbocycles. The zero-order chi connectivity index (χ0) is 8.97. The minimum absolute atomic E-state index is 0.774. The molecule has 2 heteroatoms. The van der Waals surface area contributed by atoms with Crippen molar-refractivity contribution < 1.29 is 0 Å². The van der Waals surface area contributed by atoms with Gasteiger partial charge in [0.2, 0.25) is 0 Å². The van der Waals surface area contributed by atoms with Crippen molar-refractivity contribution in [3.63, 3.8) is 0 Å². The average molecular weight is 170 g/mol. The molecule has 0 aromatic carbocycles. The van der Waals surface area contributed by atoms with Crippen molar-refractivity contribution in [3.05, 3.63) is 0 Å². The van der Waals surface area contributed by atoms with Crippen LogP contribution in [0.2, 0.25) is 0 Å². The monoisotopic (exact) mass is 170 g/mol. The van der Waals surface area contributed by atoms with Crippen LogP contribution in [-0.4, -0.2) is 37.6 Å². The largest absolute Gasteiger partial charge is 0.314 e. The van der Waals surface area contributed by atoms with Crippen LogP contribution in [0.15, 0.2) is 0 Å². The summed E-state index contributed by atoms with van der Waals surface area (Å²) >= 11 is 0. The Morgan fingerprint density at radius 2 is 2.08 bits per heavy atom. The Morgan fingerprint density at radius 3 is 2.67 bits per heavy atom. The Labute approximate surface area is 76.3 Å². The first-order chi connectivity index (χ1) is 5.74. The first kappa shape index (κ1) is 10.0. The number of hydrogen-bond donors (Lipinski definition) is 1. The zero-order valence-electron chi connectivity index (χ0n) is 8.64. The fourth-order valence-corrected chi connectivity index (χ4v) is 2.11. The van der Waals surface area contributed by atoms with Crippen LogP contribution in [0.4, 0.5) is 0 Å². The molecule has 2 nitrogen and oxygen atoms in total. The van der Waals surface area contributed by atoms with Gasteiger partial charge in [0.1, 0.15) is 0 Å². The van der Waals surface area contributed by atoms with Crippen LogP contribution in [0.5, 0.6) is 0 Å². The third kappa shape index (κ3) is 2.76. The lowest BCUT2D eigenvalue weighted by Crippen LogP contribution is -2.41. The lowest BCUT2D eigenvalue weighted by Gasteiger charge is -2.33. The van der Waals surface area contributed by atoms with Crippen molar-refractivity contribution >= 4 is 0 Å². The van der Waals surface area contributed by atoms with Crippen LogP contribution in [0.25, 0.3) is 0 Å². The molecule has 12 heavy (non-hydrogen) atoms. The molecule has 1 rings (SSSR count). The minimum Gasteiger partial charge on any atom is -0.314 e. The summed E-state index contributed by atoms with van der Waals surface area (Å²) < 4.78 is 0. The summed E-state index contributed by atoms with van der Waals surface area (Å²) in [7, 11) is 4.39. The van der Waals surface area contributed by atoms with Crippen molar-refractivity contribution in [2.75, 3.05) is 20.6 Å². The Kier molecular flexibility index (Phi) is 4.02. The molecule has 0 aromatic heterocycles. The predicted octanol–water partition coefficient (Wildman–Crippen LogP) is 1.47. The molecule has 0 spiro atoms. The van der Waals surface area contributed by atoms with Crippen molar-refractivity contribution in [2.24, 2.45) is 0 Å². The highest BCUT2D eigenvalue weighted by atomic mass is 15.1. The van der Waals surface area contributed by atoms with E-state index >= 15 is 0 Å². The van der Waals surface area contributed by atoms with Crippen molar-refractivity contribution in [1.82, 2.24) is 10.2 Å². The molecule has 0 bridgehead atoms. The second kappa shape index (κ2) is 4.83. The summed E-state index contributed by atoms with van der Waals surface area (Å²) in [5.74, 6) is 0. The average Bonchev–Trinajstić information content (AvgIpc) is 2.05. The first-order valence-corrected chi connectivity index (χ1v) is 5.13. The van der Waals surface area contributed by atoms with Crippen LogP contribution in [0.3, 0.4) is 0 Å². The molecular formula is C10H22N2. The quantitative estimate of drug-likeness (QED) is 0.690. The van der Waals surface area contributed by atoms with E-state index in [9.17, 15) is 0 Å². The third-order valence-corrected chi connectivity index (χ3v) is 2.87. The molecule has 1 N–H and O–H groups in total. The highest BCUT2D eigenvalue weighted by Crippen LogP contribution is 2.21. The lowest BCUT2D eigenvalue weighted by atomic mass is 9.90. The Morgan fingerprint density at radius 1 is 1.33 bits per heavy atom. The molecule has 0 aliphatic heterocycles. The molecule has 0 heterocycles. The van der Waals surface area contributed by atoms with Gasteiger partial charge in [0.05, 0.1) is 0 Å². The summed E-state index contributed by atoms with van der Waals surface area (Å²) in [6.45, 7) is 3.31. The van der Waals surface area contributed by atoms with E-state index in [2.05, 4.69) is 31.2 Å². The van der Waals surface area contributed by atoms with Crippen LogP contribution in [-0.2, 0) is 0 Å². The lowest BCUT2D eigenvalue weighted by molar-refractivity contribution is 0.200. The normalized spacial score (nSPS) is 31.0. The molecule has 1 saturated carbocycles. The summed E-state index contributed by atoms with van der Waals surface area (Å²) in [5, 5.41) is 3.54. The van der Waals surface area contributed by atoms with Gasteiger partial charge < -0.3 is 10.2 Å². The SMILES string of the molecule is CCNC1CCCC(N(C)C)C1. The standard InChI is InChI=1S/C10H22N2/c1-4-11-9-6-5-7-10(8-9)12(2)3/h9-11H,4-8H2,1-3H3. The second-order valence-corrected chi connectivity index (χ2v) is 4.04.